The Hall–Kier alpha value is -1.93. The molecule has 160 valence electrons. The normalized spacial score (nSPS) is 20.3. The number of piperazine rings is 1. The second kappa shape index (κ2) is 8.44. The molecule has 29 heavy (non-hydrogen) atoms. The van der Waals surface area contributed by atoms with Gasteiger partial charge in [0.05, 0.1) is 12.1 Å². The minimum atomic E-state index is -0.471. The molecule has 8 heteroatoms. The van der Waals surface area contributed by atoms with Gasteiger partial charge in [0.25, 0.3) is 5.91 Å². The Morgan fingerprint density at radius 1 is 1.17 bits per heavy atom. The number of nitrogens with two attached hydrogens (primary N) is 1. The topological polar surface area (TPSA) is 95.7 Å². The summed E-state index contributed by atoms with van der Waals surface area (Å²) in [7, 11) is 0. The fourth-order valence-electron chi connectivity index (χ4n) is 4.05. The second-order valence-corrected chi connectivity index (χ2v) is 10.4. The van der Waals surface area contributed by atoms with Crippen LogP contribution in [-0.4, -0.2) is 60.2 Å². The van der Waals surface area contributed by atoms with Gasteiger partial charge < -0.3 is 16.0 Å². The maximum atomic E-state index is 12.6. The number of carbonyl (C=O) groups is 3. The first kappa shape index (κ1) is 21.8. The van der Waals surface area contributed by atoms with Crippen molar-refractivity contribution in [2.75, 3.05) is 38.0 Å². The van der Waals surface area contributed by atoms with E-state index in [-0.39, 0.29) is 23.8 Å². The molecule has 7 nitrogen and oxygen atoms in total. The number of anilines is 1. The monoisotopic (exact) mass is 420 g/mol. The molecule has 0 bridgehead atoms. The largest absolute Gasteiger partial charge is 0.365 e. The molecule has 0 saturated carbocycles. The summed E-state index contributed by atoms with van der Waals surface area (Å²) < 4.78 is 0. The van der Waals surface area contributed by atoms with Gasteiger partial charge in [-0.3, -0.25) is 19.3 Å². The van der Waals surface area contributed by atoms with Crippen molar-refractivity contribution >= 4 is 34.1 Å². The highest BCUT2D eigenvalue weighted by Crippen LogP contribution is 2.39. The lowest BCUT2D eigenvalue weighted by molar-refractivity contribution is -0.141. The van der Waals surface area contributed by atoms with Crippen LogP contribution in [-0.2, 0) is 22.4 Å². The summed E-state index contributed by atoms with van der Waals surface area (Å²) in [5.74, 6) is 0.111. The Morgan fingerprint density at radius 3 is 2.41 bits per heavy atom. The van der Waals surface area contributed by atoms with Crippen LogP contribution in [0, 0.1) is 11.3 Å². The van der Waals surface area contributed by atoms with E-state index in [0.717, 1.165) is 24.8 Å². The first-order chi connectivity index (χ1) is 13.6. The van der Waals surface area contributed by atoms with Crippen LogP contribution in [0.15, 0.2) is 0 Å². The van der Waals surface area contributed by atoms with Crippen LogP contribution in [0.5, 0.6) is 0 Å². The number of amides is 3. The molecule has 0 radical (unpaired) electrons. The Morgan fingerprint density at radius 2 is 1.83 bits per heavy atom. The van der Waals surface area contributed by atoms with Gasteiger partial charge in [0.2, 0.25) is 11.8 Å². The molecule has 1 atom stereocenters. The summed E-state index contributed by atoms with van der Waals surface area (Å²) in [5, 5.41) is 3.51. The molecule has 1 fully saturated rings. The van der Waals surface area contributed by atoms with Gasteiger partial charge in [-0.25, -0.2) is 0 Å². The molecule has 1 unspecified atom stereocenters. The van der Waals surface area contributed by atoms with Crippen LogP contribution in [0.25, 0.3) is 0 Å². The first-order valence-electron chi connectivity index (χ1n) is 10.3. The van der Waals surface area contributed by atoms with Gasteiger partial charge in [-0.2, -0.15) is 0 Å². The van der Waals surface area contributed by atoms with E-state index in [1.54, 1.807) is 0 Å². The van der Waals surface area contributed by atoms with Crippen molar-refractivity contribution in [3.63, 3.8) is 0 Å². The van der Waals surface area contributed by atoms with Gasteiger partial charge in [-0.15, -0.1) is 11.3 Å². The van der Waals surface area contributed by atoms with E-state index >= 15 is 0 Å². The van der Waals surface area contributed by atoms with Crippen molar-refractivity contribution in [3.05, 3.63) is 16.0 Å². The molecular weight excluding hydrogens is 388 g/mol. The molecule has 3 N–H and O–H groups in total. The number of hydrogen-bond acceptors (Lipinski definition) is 5. The molecule has 0 aromatic carbocycles. The maximum absolute atomic E-state index is 12.6. The number of nitrogens with zero attached hydrogens (tertiary/aromatic N) is 2. The van der Waals surface area contributed by atoms with E-state index in [0.29, 0.717) is 42.7 Å². The number of primary amides is 1. The van der Waals surface area contributed by atoms with Gasteiger partial charge in [0.15, 0.2) is 0 Å². The number of nitrogens with one attached hydrogen (secondary N) is 1. The Bertz CT molecular complexity index is 804. The highest BCUT2D eigenvalue weighted by Gasteiger charge is 2.31. The van der Waals surface area contributed by atoms with Gasteiger partial charge in [-0.05, 0) is 30.7 Å². The number of fused-ring (bicyclic) bond motifs is 1. The lowest BCUT2D eigenvalue weighted by Crippen LogP contribution is -2.52. The molecule has 1 aromatic rings. The van der Waals surface area contributed by atoms with E-state index in [1.165, 1.54) is 16.2 Å². The summed E-state index contributed by atoms with van der Waals surface area (Å²) in [4.78, 5) is 42.1. The lowest BCUT2D eigenvalue weighted by atomic mass is 9.88. The van der Waals surface area contributed by atoms with Crippen LogP contribution in [0.4, 0.5) is 5.00 Å². The first-order valence-corrected chi connectivity index (χ1v) is 11.1. The molecule has 1 aromatic heterocycles. The highest BCUT2D eigenvalue weighted by atomic mass is 32.1. The van der Waals surface area contributed by atoms with Gasteiger partial charge in [0, 0.05) is 36.5 Å². The highest BCUT2D eigenvalue weighted by molar-refractivity contribution is 7.17. The SMILES string of the molecule is CC1CCc2c(sc(NC(=O)CN3CCN(C(=O)C(C)(C)C)CC3)c2C(N)=O)C1. The van der Waals surface area contributed by atoms with Crippen molar-refractivity contribution in [2.24, 2.45) is 17.1 Å². The quantitative estimate of drug-likeness (QED) is 0.780. The third-order valence-corrected chi connectivity index (χ3v) is 6.85. The summed E-state index contributed by atoms with van der Waals surface area (Å²) >= 11 is 1.49. The van der Waals surface area contributed by atoms with Crippen LogP contribution in [0.2, 0.25) is 0 Å². The summed E-state index contributed by atoms with van der Waals surface area (Å²) in [6.07, 6.45) is 2.81. The number of thiophene rings is 1. The van der Waals surface area contributed by atoms with Crippen molar-refractivity contribution in [3.8, 4) is 0 Å². The minimum Gasteiger partial charge on any atom is -0.365 e. The standard InChI is InChI=1S/C21H32N4O3S/c1-13-5-6-14-15(11-13)29-19(17(14)18(22)27)23-16(26)12-24-7-9-25(10-8-24)20(28)21(2,3)4/h13H,5-12H2,1-4H3,(H2,22,27)(H,23,26). The number of carbonyl (C=O) groups excluding carboxylic acids is 3. The zero-order valence-electron chi connectivity index (χ0n) is 17.8. The average Bonchev–Trinajstić information content (AvgIpc) is 2.97. The van der Waals surface area contributed by atoms with Gasteiger partial charge in [0.1, 0.15) is 5.00 Å². The lowest BCUT2D eigenvalue weighted by Gasteiger charge is -2.37. The van der Waals surface area contributed by atoms with Crippen LogP contribution in [0.3, 0.4) is 0 Å². The van der Waals surface area contributed by atoms with Crippen molar-refractivity contribution in [1.82, 2.24) is 9.80 Å². The van der Waals surface area contributed by atoms with Crippen molar-refractivity contribution in [1.29, 1.82) is 0 Å². The van der Waals surface area contributed by atoms with Crippen LogP contribution >= 0.6 is 11.3 Å². The maximum Gasteiger partial charge on any atom is 0.251 e. The van der Waals surface area contributed by atoms with Crippen LogP contribution in [0.1, 0.15) is 54.9 Å². The molecule has 2 aliphatic rings. The average molecular weight is 421 g/mol. The zero-order chi connectivity index (χ0) is 21.3. The molecule has 3 amide bonds. The molecule has 0 spiro atoms. The Labute approximate surface area is 176 Å². The molecule has 1 aliphatic heterocycles. The minimum absolute atomic E-state index is 0.144. The predicted octanol–water partition coefficient (Wildman–Crippen LogP) is 2.10. The van der Waals surface area contributed by atoms with E-state index in [9.17, 15) is 14.4 Å². The molecule has 2 heterocycles. The Kier molecular flexibility index (Phi) is 6.33. The van der Waals surface area contributed by atoms with Gasteiger partial charge in [-0.1, -0.05) is 27.7 Å². The number of hydrogen-bond donors (Lipinski definition) is 2. The molecule has 1 saturated heterocycles. The van der Waals surface area contributed by atoms with Crippen molar-refractivity contribution < 1.29 is 14.4 Å². The fraction of sp³-hybridized carbons (Fsp3) is 0.667. The van der Waals surface area contributed by atoms with E-state index in [4.69, 9.17) is 5.73 Å². The molecular formula is C21H32N4O3S. The third kappa shape index (κ3) is 4.98. The summed E-state index contributed by atoms with van der Waals surface area (Å²) in [6.45, 7) is 10.8. The summed E-state index contributed by atoms with van der Waals surface area (Å²) in [5.41, 5.74) is 6.75. The van der Waals surface area contributed by atoms with E-state index in [1.807, 2.05) is 30.6 Å². The zero-order valence-corrected chi connectivity index (χ0v) is 18.7. The van der Waals surface area contributed by atoms with Crippen molar-refractivity contribution in [2.45, 2.75) is 47.0 Å². The smallest absolute Gasteiger partial charge is 0.251 e. The van der Waals surface area contributed by atoms with E-state index < -0.39 is 5.91 Å². The van der Waals surface area contributed by atoms with Gasteiger partial charge >= 0.3 is 0 Å². The third-order valence-electron chi connectivity index (χ3n) is 5.68. The second-order valence-electron chi connectivity index (χ2n) is 9.29. The summed E-state index contributed by atoms with van der Waals surface area (Å²) in [6, 6.07) is 0. The number of rotatable bonds is 4. The predicted molar refractivity (Wildman–Crippen MR) is 115 cm³/mol. The Balaban J connectivity index is 1.60. The molecule has 3 rings (SSSR count). The molecule has 1 aliphatic carbocycles. The van der Waals surface area contributed by atoms with E-state index in [2.05, 4.69) is 12.2 Å². The van der Waals surface area contributed by atoms with Crippen LogP contribution < -0.4 is 11.1 Å². The fourth-order valence-corrected chi connectivity index (χ4v) is 5.48.